The second-order valence-corrected chi connectivity index (χ2v) is 17.8. The van der Waals surface area contributed by atoms with E-state index in [1.807, 2.05) is 39.8 Å². The molecule has 0 radical (unpaired) electrons. The maximum Gasteiger partial charge on any atom is 0.311 e. The number of hydrogen-bond acceptors (Lipinski definition) is 15. The van der Waals surface area contributed by atoms with Gasteiger partial charge in [0.1, 0.15) is 35.5 Å². The lowest BCUT2D eigenvalue weighted by Crippen LogP contribution is -2.61. The minimum absolute atomic E-state index is 0.111. The van der Waals surface area contributed by atoms with E-state index in [0.29, 0.717) is 12.7 Å². The number of aliphatic hydroxyl groups excluding tert-OH is 1. The van der Waals surface area contributed by atoms with Gasteiger partial charge in [0.2, 0.25) is 0 Å². The number of aliphatic hydroxyl groups is 2. The highest BCUT2D eigenvalue weighted by atomic mass is 16.7. The van der Waals surface area contributed by atoms with Gasteiger partial charge in [-0.25, -0.2) is 0 Å². The molecule has 0 saturated carbocycles. The van der Waals surface area contributed by atoms with E-state index in [-0.39, 0.29) is 43.6 Å². The van der Waals surface area contributed by atoms with Crippen molar-refractivity contribution in [1.82, 2.24) is 4.90 Å². The third-order valence-electron chi connectivity index (χ3n) is 13.2. The molecule has 2 unspecified atom stereocenters. The SMILES string of the molecule is CC[C@H]1OC(=O)[C@H](C)[C@@H](OC2C[C@@](C)(OC)[C@@H](OC(C)=O)[C@H](C)O2)[C@H](C)[C@@H](O[C@@H]2O[C@H](C)C[C@H](N(C)C)[C@H]2O)[C@](C)(OC)C[C@@H](C)C(=O)C(C)[C@@H](CC=O)[C@]1(C)O. The second-order valence-electron chi connectivity index (χ2n) is 17.8. The Labute approximate surface area is 340 Å². The van der Waals surface area contributed by atoms with Gasteiger partial charge in [0.25, 0.3) is 0 Å². The van der Waals surface area contributed by atoms with Crippen molar-refractivity contribution in [3.05, 3.63) is 0 Å². The number of methoxy groups -OCH3 is 2. The van der Waals surface area contributed by atoms with Gasteiger partial charge in [-0.3, -0.25) is 14.4 Å². The quantitative estimate of drug-likeness (QED) is 0.226. The minimum Gasteiger partial charge on any atom is -0.459 e. The van der Waals surface area contributed by atoms with Gasteiger partial charge in [-0.1, -0.05) is 27.7 Å². The molecule has 0 aromatic heterocycles. The molecule has 0 aromatic carbocycles. The van der Waals surface area contributed by atoms with Crippen LogP contribution in [0.5, 0.6) is 0 Å². The maximum absolute atomic E-state index is 14.4. The lowest BCUT2D eigenvalue weighted by atomic mass is 9.69. The normalized spacial score (nSPS) is 45.5. The Bertz CT molecular complexity index is 1360. The first-order chi connectivity index (χ1) is 26.4. The van der Waals surface area contributed by atoms with Gasteiger partial charge >= 0.3 is 11.9 Å². The number of carbonyl (C=O) groups excluding carboxylic acids is 4. The van der Waals surface area contributed by atoms with E-state index in [9.17, 15) is 29.4 Å². The molecule has 15 heteroatoms. The van der Waals surface area contributed by atoms with Gasteiger partial charge < -0.3 is 57.8 Å². The number of aldehydes is 1. The molecule has 3 heterocycles. The first-order valence-electron chi connectivity index (χ1n) is 20.6. The van der Waals surface area contributed by atoms with E-state index in [1.165, 1.54) is 28.1 Å². The summed E-state index contributed by atoms with van der Waals surface area (Å²) in [6.07, 6.45) is -6.48. The molecule has 3 fully saturated rings. The third-order valence-corrected chi connectivity index (χ3v) is 13.2. The summed E-state index contributed by atoms with van der Waals surface area (Å²) >= 11 is 0. The molecule has 0 spiro atoms. The lowest BCUT2D eigenvalue weighted by Gasteiger charge is -2.50. The number of likely N-dealkylation sites (N-methyl/N-ethyl adjacent to an activating group) is 1. The fourth-order valence-electron chi connectivity index (χ4n) is 9.61. The van der Waals surface area contributed by atoms with Crippen LogP contribution in [0.1, 0.15) is 108 Å². The Hall–Kier alpha value is -2.08. The number of cyclic esters (lactones) is 1. The molecule has 3 rings (SSSR count). The first-order valence-corrected chi connectivity index (χ1v) is 20.6. The average Bonchev–Trinajstić information content (AvgIpc) is 3.14. The number of Topliss-reactive ketones (excluding diaryl/α,β-unsaturated/α-hetero) is 1. The van der Waals surface area contributed by atoms with Crippen molar-refractivity contribution >= 4 is 24.0 Å². The topological polar surface area (TPSA) is 186 Å². The number of ether oxygens (including phenoxy) is 8. The Morgan fingerprint density at radius 2 is 1.53 bits per heavy atom. The van der Waals surface area contributed by atoms with Gasteiger partial charge in [0, 0.05) is 63.7 Å². The smallest absolute Gasteiger partial charge is 0.311 e. The average molecular weight is 816 g/mol. The van der Waals surface area contributed by atoms with Crippen LogP contribution in [-0.4, -0.2) is 146 Å². The molecule has 3 aliphatic heterocycles. The van der Waals surface area contributed by atoms with Crippen LogP contribution in [0.25, 0.3) is 0 Å². The minimum atomic E-state index is -1.76. The van der Waals surface area contributed by atoms with Crippen LogP contribution in [-0.2, 0) is 57.1 Å². The summed E-state index contributed by atoms with van der Waals surface area (Å²) in [6.45, 7) is 18.8. The van der Waals surface area contributed by atoms with E-state index >= 15 is 0 Å². The second kappa shape index (κ2) is 20.0. The van der Waals surface area contributed by atoms with Crippen LogP contribution < -0.4 is 0 Å². The highest BCUT2D eigenvalue weighted by Gasteiger charge is 2.54. The van der Waals surface area contributed by atoms with Crippen molar-refractivity contribution in [2.75, 3.05) is 28.3 Å². The predicted octanol–water partition coefficient (Wildman–Crippen LogP) is 3.85. The molecule has 0 aromatic rings. The Balaban J connectivity index is 2.26. The summed E-state index contributed by atoms with van der Waals surface area (Å²) in [4.78, 5) is 54.9. The molecule has 3 aliphatic rings. The van der Waals surface area contributed by atoms with E-state index < -0.39 is 108 Å². The summed E-state index contributed by atoms with van der Waals surface area (Å²) in [5.41, 5.74) is -4.06. The number of ketones is 1. The maximum atomic E-state index is 14.4. The lowest BCUT2D eigenvalue weighted by molar-refractivity contribution is -0.320. The van der Waals surface area contributed by atoms with Gasteiger partial charge in [-0.05, 0) is 74.9 Å². The molecule has 0 aliphatic carbocycles. The Kier molecular flexibility index (Phi) is 17.3. The van der Waals surface area contributed by atoms with E-state index in [2.05, 4.69) is 0 Å². The molecule has 330 valence electrons. The van der Waals surface area contributed by atoms with Gasteiger partial charge in [-0.2, -0.15) is 0 Å². The van der Waals surface area contributed by atoms with Crippen LogP contribution in [0.15, 0.2) is 0 Å². The standard InChI is InChI=1S/C42H73NO14/c1-16-31-42(11,49)29(17-18-44)24(4)33(46)22(2)20-40(9,50-14)36(57-39-34(47)30(43(12)13)19-23(3)52-39)25(5)35(26(6)38(48)55-31)56-32-21-41(10,51-15)37(27(7)53-32)54-28(8)45/h18,22-27,29-32,34-37,39,47,49H,16-17,19-21H2,1-15H3/t22-,23-,24?,25+,26-,27+,29-,30+,31-,32?,34-,35+,36-,37+,39+,40-,41-,42+/m1/s1. The zero-order valence-electron chi connectivity index (χ0n) is 37.0. The summed E-state index contributed by atoms with van der Waals surface area (Å²) in [5, 5.41) is 23.8. The van der Waals surface area contributed by atoms with Gasteiger partial charge in [-0.15, -0.1) is 0 Å². The Morgan fingerprint density at radius 1 is 0.930 bits per heavy atom. The predicted molar refractivity (Wildman–Crippen MR) is 209 cm³/mol. The van der Waals surface area contributed by atoms with E-state index in [4.69, 9.17) is 37.9 Å². The van der Waals surface area contributed by atoms with Crippen molar-refractivity contribution in [2.24, 2.45) is 29.6 Å². The molecule has 0 bridgehead atoms. The molecule has 57 heavy (non-hydrogen) atoms. The molecule has 18 atom stereocenters. The van der Waals surface area contributed by atoms with Gasteiger partial charge in [0.15, 0.2) is 18.7 Å². The largest absolute Gasteiger partial charge is 0.459 e. The summed E-state index contributed by atoms with van der Waals surface area (Å²) in [6, 6.07) is -0.300. The molecule has 3 saturated heterocycles. The van der Waals surface area contributed by atoms with Crippen LogP contribution in [0.2, 0.25) is 0 Å². The Morgan fingerprint density at radius 3 is 2.05 bits per heavy atom. The number of hydrogen-bond donors (Lipinski definition) is 2. The summed E-state index contributed by atoms with van der Waals surface area (Å²) in [5.74, 6) is -5.51. The van der Waals surface area contributed by atoms with Crippen molar-refractivity contribution < 1.29 is 67.3 Å². The molecule has 15 nitrogen and oxygen atoms in total. The van der Waals surface area contributed by atoms with Crippen molar-refractivity contribution in [3.63, 3.8) is 0 Å². The molecular weight excluding hydrogens is 742 g/mol. The summed E-state index contributed by atoms with van der Waals surface area (Å²) < 4.78 is 50.4. The molecule has 2 N–H and O–H groups in total. The van der Waals surface area contributed by atoms with Crippen LogP contribution in [0.4, 0.5) is 0 Å². The highest BCUT2D eigenvalue weighted by Crippen LogP contribution is 2.43. The first kappa shape index (κ1) is 49.3. The number of carbonyl (C=O) groups is 4. The van der Waals surface area contributed by atoms with E-state index in [0.717, 1.165) is 0 Å². The molecule has 0 amide bonds. The number of nitrogens with zero attached hydrogens (tertiary/aromatic N) is 1. The van der Waals surface area contributed by atoms with Crippen LogP contribution in [0.3, 0.4) is 0 Å². The van der Waals surface area contributed by atoms with Crippen molar-refractivity contribution in [3.8, 4) is 0 Å². The van der Waals surface area contributed by atoms with Gasteiger partial charge in [0.05, 0.1) is 35.9 Å². The fourth-order valence-corrected chi connectivity index (χ4v) is 9.61. The number of rotatable bonds is 11. The zero-order valence-corrected chi connectivity index (χ0v) is 37.0. The zero-order chi connectivity index (χ0) is 43.4. The van der Waals surface area contributed by atoms with Crippen molar-refractivity contribution in [2.45, 2.75) is 186 Å². The monoisotopic (exact) mass is 816 g/mol. The summed E-state index contributed by atoms with van der Waals surface area (Å²) in [7, 11) is 6.78. The molecular formula is C42H73NO14. The van der Waals surface area contributed by atoms with E-state index in [1.54, 1.807) is 41.5 Å². The van der Waals surface area contributed by atoms with Crippen LogP contribution in [0, 0.1) is 29.6 Å². The fraction of sp³-hybridized carbons (Fsp3) is 0.905. The van der Waals surface area contributed by atoms with Crippen molar-refractivity contribution in [1.29, 1.82) is 0 Å². The third kappa shape index (κ3) is 11.0. The van der Waals surface area contributed by atoms with Crippen LogP contribution >= 0.6 is 0 Å². The highest BCUT2D eigenvalue weighted by molar-refractivity contribution is 5.83. The number of esters is 2.